The van der Waals surface area contributed by atoms with Gasteiger partial charge in [-0.05, 0) is 42.2 Å². The molecule has 0 bridgehead atoms. The zero-order valence-electron chi connectivity index (χ0n) is 18.5. The van der Waals surface area contributed by atoms with E-state index in [1.54, 1.807) is 12.1 Å². The van der Waals surface area contributed by atoms with Crippen LogP contribution in [-0.4, -0.2) is 19.9 Å². The molecule has 0 atom stereocenters. The summed E-state index contributed by atoms with van der Waals surface area (Å²) < 4.78 is 37.6. The number of rotatable bonds is 10. The van der Waals surface area contributed by atoms with Crippen LogP contribution in [-0.2, 0) is 23.0 Å². The number of nitro groups is 1. The van der Waals surface area contributed by atoms with Gasteiger partial charge in [-0.1, -0.05) is 32.9 Å². The standard InChI is InChI=1S/C22H25N3O7S/c1-4-16-5-7-17(8-6-16)24(13-15(2)3)33(29,30)19-9-10-20(21(11-19)25(27)28)23-12-18-14-31-22(26)32-18/h5-11,14-15,23H,4,12-13H2,1-3H3. The number of hydrogen-bond donors (Lipinski definition) is 1. The molecule has 0 saturated carbocycles. The number of nitrogens with one attached hydrogen (secondary N) is 1. The van der Waals surface area contributed by atoms with Gasteiger partial charge in [-0.15, -0.1) is 0 Å². The highest BCUT2D eigenvalue weighted by Gasteiger charge is 2.28. The monoisotopic (exact) mass is 475 g/mol. The molecule has 11 heteroatoms. The van der Waals surface area contributed by atoms with Crippen LogP contribution in [0.1, 0.15) is 32.1 Å². The lowest BCUT2D eigenvalue weighted by Crippen LogP contribution is -2.34. The van der Waals surface area contributed by atoms with E-state index >= 15 is 0 Å². The average Bonchev–Trinajstić information content (AvgIpc) is 3.20. The van der Waals surface area contributed by atoms with Crippen molar-refractivity contribution in [1.82, 2.24) is 0 Å². The molecule has 3 rings (SSSR count). The van der Waals surface area contributed by atoms with Gasteiger partial charge in [0.25, 0.3) is 15.7 Å². The first-order chi connectivity index (χ1) is 15.6. The molecule has 1 heterocycles. The minimum absolute atomic E-state index is 0.0196. The fraction of sp³-hybridized carbons (Fsp3) is 0.318. The van der Waals surface area contributed by atoms with Gasteiger partial charge in [0, 0.05) is 12.6 Å². The number of aryl methyl sites for hydroxylation is 1. The molecule has 0 saturated heterocycles. The Bertz CT molecular complexity index is 1280. The lowest BCUT2D eigenvalue weighted by Gasteiger charge is -2.26. The highest BCUT2D eigenvalue weighted by molar-refractivity contribution is 7.92. The molecule has 1 aromatic heterocycles. The highest BCUT2D eigenvalue weighted by Crippen LogP contribution is 2.32. The Morgan fingerprint density at radius 2 is 1.85 bits per heavy atom. The van der Waals surface area contributed by atoms with Crippen molar-refractivity contribution in [2.45, 2.75) is 38.6 Å². The number of nitrogens with zero attached hydrogens (tertiary/aromatic N) is 2. The minimum Gasteiger partial charge on any atom is -0.399 e. The van der Waals surface area contributed by atoms with E-state index in [0.29, 0.717) is 5.69 Å². The summed E-state index contributed by atoms with van der Waals surface area (Å²) in [4.78, 5) is 21.8. The lowest BCUT2D eigenvalue weighted by molar-refractivity contribution is -0.384. The molecule has 0 aliphatic heterocycles. The fourth-order valence-corrected chi connectivity index (χ4v) is 4.85. The third kappa shape index (κ3) is 5.61. The van der Waals surface area contributed by atoms with E-state index in [2.05, 4.69) is 9.73 Å². The van der Waals surface area contributed by atoms with Crippen molar-refractivity contribution in [2.24, 2.45) is 5.92 Å². The van der Waals surface area contributed by atoms with Crippen LogP contribution >= 0.6 is 0 Å². The zero-order chi connectivity index (χ0) is 24.2. The summed E-state index contributed by atoms with van der Waals surface area (Å²) in [6.45, 7) is 5.95. The molecule has 1 N–H and O–H groups in total. The molecule has 10 nitrogen and oxygen atoms in total. The normalized spacial score (nSPS) is 11.5. The zero-order valence-corrected chi connectivity index (χ0v) is 19.3. The molecule has 176 valence electrons. The highest BCUT2D eigenvalue weighted by atomic mass is 32.2. The van der Waals surface area contributed by atoms with Gasteiger partial charge < -0.3 is 14.2 Å². The summed E-state index contributed by atoms with van der Waals surface area (Å²) in [5.74, 6) is -0.726. The van der Waals surface area contributed by atoms with Crippen LogP contribution < -0.4 is 15.4 Å². The van der Waals surface area contributed by atoms with Crippen molar-refractivity contribution in [3.05, 3.63) is 80.8 Å². The summed E-state index contributed by atoms with van der Waals surface area (Å²) in [6.07, 6.45) is 1.91. The molecular formula is C22H25N3O7S. The lowest BCUT2D eigenvalue weighted by atomic mass is 10.1. The molecule has 3 aromatic rings. The van der Waals surface area contributed by atoms with Crippen LogP contribution in [0.15, 0.2) is 67.3 Å². The fourth-order valence-electron chi connectivity index (χ4n) is 3.20. The van der Waals surface area contributed by atoms with E-state index in [1.165, 1.54) is 16.4 Å². The summed E-state index contributed by atoms with van der Waals surface area (Å²) >= 11 is 0. The molecule has 2 aromatic carbocycles. The number of benzene rings is 2. The molecule has 33 heavy (non-hydrogen) atoms. The Morgan fingerprint density at radius 3 is 2.39 bits per heavy atom. The number of sulfonamides is 1. The predicted molar refractivity (Wildman–Crippen MR) is 123 cm³/mol. The summed E-state index contributed by atoms with van der Waals surface area (Å²) in [7, 11) is -4.08. The Hall–Kier alpha value is -3.60. The molecule has 0 aliphatic carbocycles. The van der Waals surface area contributed by atoms with Crippen molar-refractivity contribution in [3.63, 3.8) is 0 Å². The van der Waals surface area contributed by atoms with E-state index in [-0.39, 0.29) is 35.4 Å². The van der Waals surface area contributed by atoms with Crippen LogP contribution in [0, 0.1) is 16.0 Å². The van der Waals surface area contributed by atoms with Crippen molar-refractivity contribution in [1.29, 1.82) is 0 Å². The largest absolute Gasteiger partial charge is 0.518 e. The van der Waals surface area contributed by atoms with Gasteiger partial charge >= 0.3 is 5.82 Å². The quantitative estimate of drug-likeness (QED) is 0.341. The maximum Gasteiger partial charge on any atom is 0.518 e. The van der Waals surface area contributed by atoms with Crippen LogP contribution in [0.25, 0.3) is 0 Å². The van der Waals surface area contributed by atoms with E-state index in [1.807, 2.05) is 32.9 Å². The maximum absolute atomic E-state index is 13.5. The molecule has 0 unspecified atom stereocenters. The SMILES string of the molecule is CCc1ccc(N(CC(C)C)S(=O)(=O)c2ccc(NCc3coc(=O)o3)c([N+](=O)[O-])c2)cc1. The van der Waals surface area contributed by atoms with E-state index in [9.17, 15) is 23.3 Å². The van der Waals surface area contributed by atoms with E-state index in [0.717, 1.165) is 24.3 Å². The smallest absolute Gasteiger partial charge is 0.399 e. The van der Waals surface area contributed by atoms with Crippen molar-refractivity contribution in [2.75, 3.05) is 16.2 Å². The van der Waals surface area contributed by atoms with Gasteiger partial charge in [0.2, 0.25) is 0 Å². The van der Waals surface area contributed by atoms with Gasteiger partial charge in [0.1, 0.15) is 12.0 Å². The third-order valence-corrected chi connectivity index (χ3v) is 6.66. The summed E-state index contributed by atoms with van der Waals surface area (Å²) in [5, 5.41) is 14.4. The molecule has 0 aliphatic rings. The van der Waals surface area contributed by atoms with Gasteiger partial charge in [-0.3, -0.25) is 14.4 Å². The third-order valence-electron chi connectivity index (χ3n) is 4.87. The van der Waals surface area contributed by atoms with E-state index < -0.39 is 26.5 Å². The van der Waals surface area contributed by atoms with Gasteiger partial charge in [0.05, 0.1) is 22.1 Å². The van der Waals surface area contributed by atoms with Gasteiger partial charge in [0.15, 0.2) is 5.76 Å². The Balaban J connectivity index is 1.97. The molecule has 0 spiro atoms. The second-order valence-corrected chi connectivity index (χ2v) is 9.66. The first-order valence-corrected chi connectivity index (χ1v) is 11.8. The molecular weight excluding hydrogens is 450 g/mol. The first-order valence-electron chi connectivity index (χ1n) is 10.3. The van der Waals surface area contributed by atoms with Crippen molar-refractivity contribution in [3.8, 4) is 0 Å². The Morgan fingerprint density at radius 1 is 1.15 bits per heavy atom. The number of anilines is 2. The Kier molecular flexibility index (Phi) is 7.22. The summed E-state index contributed by atoms with van der Waals surface area (Å²) in [5.41, 5.74) is 1.21. The van der Waals surface area contributed by atoms with Crippen LogP contribution in [0.5, 0.6) is 0 Å². The topological polar surface area (TPSA) is 136 Å². The Labute approximate surface area is 191 Å². The number of hydrogen-bond acceptors (Lipinski definition) is 8. The second kappa shape index (κ2) is 9.90. The second-order valence-electron chi connectivity index (χ2n) is 7.79. The molecule has 0 fully saturated rings. The minimum atomic E-state index is -4.08. The van der Waals surface area contributed by atoms with Crippen molar-refractivity contribution >= 4 is 27.1 Å². The van der Waals surface area contributed by atoms with Crippen molar-refractivity contribution < 1.29 is 22.2 Å². The summed E-state index contributed by atoms with van der Waals surface area (Å²) in [6, 6.07) is 10.9. The first kappa shape index (κ1) is 24.1. The number of nitro benzene ring substituents is 1. The van der Waals surface area contributed by atoms with Crippen LogP contribution in [0.4, 0.5) is 17.1 Å². The molecule has 0 amide bonds. The van der Waals surface area contributed by atoms with Gasteiger partial charge in [-0.25, -0.2) is 13.2 Å². The van der Waals surface area contributed by atoms with E-state index in [4.69, 9.17) is 4.42 Å². The van der Waals surface area contributed by atoms with Crippen LogP contribution in [0.2, 0.25) is 0 Å². The maximum atomic E-state index is 13.5. The predicted octanol–water partition coefficient (Wildman–Crippen LogP) is 4.17. The molecule has 0 radical (unpaired) electrons. The van der Waals surface area contributed by atoms with Crippen LogP contribution in [0.3, 0.4) is 0 Å². The average molecular weight is 476 g/mol. The van der Waals surface area contributed by atoms with Gasteiger partial charge in [-0.2, -0.15) is 0 Å².